The molecule has 0 saturated heterocycles. The van der Waals surface area contributed by atoms with E-state index in [4.69, 9.17) is 0 Å². The Labute approximate surface area is 109 Å². The largest absolute Gasteiger partial charge is 0.358 e. The molecule has 0 aliphatic carbocycles. The van der Waals surface area contributed by atoms with Crippen LogP contribution in [0.25, 0.3) is 10.9 Å². The summed E-state index contributed by atoms with van der Waals surface area (Å²) in [6.45, 7) is 11.2. The number of hydrogen-bond acceptors (Lipinski definition) is 1. The van der Waals surface area contributed by atoms with Crippen LogP contribution in [0.4, 0.5) is 0 Å². The summed E-state index contributed by atoms with van der Waals surface area (Å²) in [7, 11) is 0. The first kappa shape index (κ1) is 11.8. The summed E-state index contributed by atoms with van der Waals surface area (Å²) in [6.07, 6.45) is 1.15. The van der Waals surface area contributed by atoms with Crippen LogP contribution in [0.15, 0.2) is 12.1 Å². The van der Waals surface area contributed by atoms with E-state index in [0.29, 0.717) is 6.04 Å². The van der Waals surface area contributed by atoms with Gasteiger partial charge < -0.3 is 4.98 Å². The minimum atomic E-state index is 0.633. The molecule has 0 saturated carbocycles. The number of aromatic nitrogens is 1. The number of nitrogens with one attached hydrogen (secondary N) is 1. The predicted molar refractivity (Wildman–Crippen MR) is 77.0 cm³/mol. The van der Waals surface area contributed by atoms with Crippen molar-refractivity contribution in [3.8, 4) is 0 Å². The molecule has 3 rings (SSSR count). The minimum Gasteiger partial charge on any atom is -0.358 e. The molecule has 2 nitrogen and oxygen atoms in total. The molecule has 1 aromatic carbocycles. The van der Waals surface area contributed by atoms with Crippen molar-refractivity contribution in [2.75, 3.05) is 6.54 Å². The lowest BCUT2D eigenvalue weighted by molar-refractivity contribution is 0.203. The first-order chi connectivity index (χ1) is 8.56. The van der Waals surface area contributed by atoms with E-state index in [2.05, 4.69) is 49.7 Å². The quantitative estimate of drug-likeness (QED) is 0.810. The van der Waals surface area contributed by atoms with Gasteiger partial charge in [0.25, 0.3) is 0 Å². The van der Waals surface area contributed by atoms with E-state index in [9.17, 15) is 0 Å². The lowest BCUT2D eigenvalue weighted by Crippen LogP contribution is -2.35. The lowest BCUT2D eigenvalue weighted by Gasteiger charge is -2.30. The highest BCUT2D eigenvalue weighted by atomic mass is 15.2. The third-order valence-corrected chi connectivity index (χ3v) is 4.19. The zero-order valence-electron chi connectivity index (χ0n) is 11.8. The van der Waals surface area contributed by atoms with Gasteiger partial charge >= 0.3 is 0 Å². The Morgan fingerprint density at radius 1 is 1.22 bits per heavy atom. The fraction of sp³-hybridized carbons (Fsp3) is 0.500. The highest BCUT2D eigenvalue weighted by Crippen LogP contribution is 2.31. The minimum absolute atomic E-state index is 0.633. The Bertz CT molecular complexity index is 593. The first-order valence-corrected chi connectivity index (χ1v) is 6.91. The van der Waals surface area contributed by atoms with Crippen molar-refractivity contribution in [3.05, 3.63) is 34.5 Å². The van der Waals surface area contributed by atoms with E-state index in [1.807, 2.05) is 0 Å². The van der Waals surface area contributed by atoms with E-state index in [0.717, 1.165) is 13.0 Å². The van der Waals surface area contributed by atoms with Crippen LogP contribution >= 0.6 is 0 Å². The van der Waals surface area contributed by atoms with E-state index in [1.54, 1.807) is 0 Å². The Morgan fingerprint density at radius 3 is 2.72 bits per heavy atom. The second kappa shape index (κ2) is 4.13. The van der Waals surface area contributed by atoms with Crippen LogP contribution in [-0.2, 0) is 13.0 Å². The molecule has 1 N–H and O–H groups in total. The highest BCUT2D eigenvalue weighted by Gasteiger charge is 2.22. The molecule has 18 heavy (non-hydrogen) atoms. The van der Waals surface area contributed by atoms with E-state index in [1.165, 1.54) is 39.8 Å². The van der Waals surface area contributed by atoms with E-state index in [-0.39, 0.29) is 0 Å². The van der Waals surface area contributed by atoms with Crippen molar-refractivity contribution in [2.45, 2.75) is 46.7 Å². The maximum Gasteiger partial charge on any atom is 0.0489 e. The number of aromatic amines is 1. The van der Waals surface area contributed by atoms with Crippen LogP contribution in [0.1, 0.15) is 36.2 Å². The van der Waals surface area contributed by atoms with Gasteiger partial charge in [0, 0.05) is 42.1 Å². The molecule has 1 aromatic heterocycles. The van der Waals surface area contributed by atoms with Gasteiger partial charge in [-0.05, 0) is 44.9 Å². The van der Waals surface area contributed by atoms with E-state index < -0.39 is 0 Å². The third kappa shape index (κ3) is 1.76. The van der Waals surface area contributed by atoms with Gasteiger partial charge in [0.2, 0.25) is 0 Å². The average Bonchev–Trinajstić information content (AvgIpc) is 2.67. The van der Waals surface area contributed by atoms with Gasteiger partial charge in [-0.2, -0.15) is 0 Å². The molecule has 0 bridgehead atoms. The van der Waals surface area contributed by atoms with Gasteiger partial charge in [-0.15, -0.1) is 0 Å². The molecule has 0 radical (unpaired) electrons. The molecule has 1 aliphatic heterocycles. The maximum atomic E-state index is 3.64. The molecule has 0 spiro atoms. The number of nitrogens with zero attached hydrogens (tertiary/aromatic N) is 1. The number of H-pyrrole nitrogens is 1. The number of aryl methyl sites for hydroxylation is 2. The van der Waals surface area contributed by atoms with Crippen molar-refractivity contribution >= 4 is 10.9 Å². The molecule has 0 atom stereocenters. The summed E-state index contributed by atoms with van der Waals surface area (Å²) < 4.78 is 0. The second-order valence-electron chi connectivity index (χ2n) is 5.90. The lowest BCUT2D eigenvalue weighted by atomic mass is 10.0. The molecular formula is C16H22N2. The molecule has 0 unspecified atom stereocenters. The van der Waals surface area contributed by atoms with Crippen molar-refractivity contribution in [1.29, 1.82) is 0 Å². The molecular weight excluding hydrogens is 220 g/mol. The van der Waals surface area contributed by atoms with Gasteiger partial charge in [0.05, 0.1) is 0 Å². The van der Waals surface area contributed by atoms with Crippen molar-refractivity contribution < 1.29 is 0 Å². The van der Waals surface area contributed by atoms with Gasteiger partial charge in [0.1, 0.15) is 0 Å². The standard InChI is InChI=1S/C16H22N2/c1-10(2)18-6-5-15-14(9-18)13-8-11(3)7-12(4)16(13)17-15/h7-8,10,17H,5-6,9H2,1-4H3. The second-order valence-corrected chi connectivity index (χ2v) is 5.90. The van der Waals surface area contributed by atoms with Gasteiger partial charge in [-0.3, -0.25) is 4.90 Å². The van der Waals surface area contributed by atoms with Crippen LogP contribution in [0.3, 0.4) is 0 Å². The monoisotopic (exact) mass is 242 g/mol. The number of rotatable bonds is 1. The predicted octanol–water partition coefficient (Wildman–Crippen LogP) is 3.55. The zero-order chi connectivity index (χ0) is 12.9. The van der Waals surface area contributed by atoms with Crippen LogP contribution in [0.5, 0.6) is 0 Å². The summed E-state index contributed by atoms with van der Waals surface area (Å²) >= 11 is 0. The molecule has 0 amide bonds. The third-order valence-electron chi connectivity index (χ3n) is 4.19. The number of hydrogen-bond donors (Lipinski definition) is 1. The van der Waals surface area contributed by atoms with Crippen molar-refractivity contribution in [2.24, 2.45) is 0 Å². The Balaban J connectivity index is 2.15. The molecule has 2 heteroatoms. The van der Waals surface area contributed by atoms with Gasteiger partial charge in [-0.25, -0.2) is 0 Å². The fourth-order valence-electron chi connectivity index (χ4n) is 3.13. The molecule has 0 fully saturated rings. The van der Waals surface area contributed by atoms with Crippen molar-refractivity contribution in [3.63, 3.8) is 0 Å². The topological polar surface area (TPSA) is 19.0 Å². The van der Waals surface area contributed by atoms with Gasteiger partial charge in [0.15, 0.2) is 0 Å². The van der Waals surface area contributed by atoms with Gasteiger partial charge in [-0.1, -0.05) is 11.6 Å². The molecule has 2 aromatic rings. The summed E-state index contributed by atoms with van der Waals surface area (Å²) in [6, 6.07) is 5.24. The Kier molecular flexibility index (Phi) is 2.70. The molecule has 96 valence electrons. The SMILES string of the molecule is Cc1cc(C)c2[nH]c3c(c2c1)CN(C(C)C)CC3. The van der Waals surface area contributed by atoms with Crippen LogP contribution < -0.4 is 0 Å². The summed E-state index contributed by atoms with van der Waals surface area (Å²) in [4.78, 5) is 6.21. The summed E-state index contributed by atoms with van der Waals surface area (Å²) in [5.41, 5.74) is 7.06. The first-order valence-electron chi connectivity index (χ1n) is 6.91. The van der Waals surface area contributed by atoms with Crippen molar-refractivity contribution in [1.82, 2.24) is 9.88 Å². The normalized spacial score (nSPS) is 16.5. The average molecular weight is 242 g/mol. The number of fused-ring (bicyclic) bond motifs is 3. The summed E-state index contributed by atoms with van der Waals surface area (Å²) in [5, 5.41) is 1.44. The fourth-order valence-corrected chi connectivity index (χ4v) is 3.13. The Hall–Kier alpha value is -1.28. The maximum absolute atomic E-state index is 3.64. The number of benzene rings is 1. The molecule has 2 heterocycles. The highest BCUT2D eigenvalue weighted by molar-refractivity contribution is 5.88. The summed E-state index contributed by atoms with van der Waals surface area (Å²) in [5.74, 6) is 0. The smallest absolute Gasteiger partial charge is 0.0489 e. The van der Waals surface area contributed by atoms with E-state index >= 15 is 0 Å². The zero-order valence-corrected chi connectivity index (χ0v) is 11.8. The Morgan fingerprint density at radius 2 is 2.00 bits per heavy atom. The van der Waals surface area contributed by atoms with Crippen LogP contribution in [0, 0.1) is 13.8 Å². The molecule has 1 aliphatic rings. The van der Waals surface area contributed by atoms with Crippen LogP contribution in [-0.4, -0.2) is 22.5 Å². The van der Waals surface area contributed by atoms with Crippen LogP contribution in [0.2, 0.25) is 0 Å².